The highest BCUT2D eigenvalue weighted by Gasteiger charge is 2.19. The molecule has 0 heterocycles. The lowest BCUT2D eigenvalue weighted by Crippen LogP contribution is -2.12. The van der Waals surface area contributed by atoms with Crippen LogP contribution in [0.1, 0.15) is 37.7 Å². The molecule has 2 aromatic rings. The lowest BCUT2D eigenvalue weighted by atomic mass is 10.1. The van der Waals surface area contributed by atoms with Crippen LogP contribution in [0.4, 0.5) is 5.69 Å². The molecule has 0 saturated heterocycles. The number of hydrogen-bond donors (Lipinski definition) is 0. The first-order valence-corrected chi connectivity index (χ1v) is 9.34. The Bertz CT molecular complexity index is 827. The molecule has 28 heavy (non-hydrogen) atoms. The fourth-order valence-electron chi connectivity index (χ4n) is 3.22. The second-order valence-electron chi connectivity index (χ2n) is 6.73. The molecule has 1 saturated carbocycles. The summed E-state index contributed by atoms with van der Waals surface area (Å²) < 4.78 is 16.7. The van der Waals surface area contributed by atoms with Crippen molar-refractivity contribution in [1.29, 1.82) is 0 Å². The number of methoxy groups -OCH3 is 1. The number of carbonyl (C=O) groups excluding carboxylic acids is 1. The van der Waals surface area contributed by atoms with Crippen molar-refractivity contribution in [2.75, 3.05) is 7.11 Å². The average Bonchev–Trinajstić information content (AvgIpc) is 3.20. The van der Waals surface area contributed by atoms with Gasteiger partial charge in [-0.2, -0.15) is 0 Å². The number of esters is 1. The number of rotatable bonds is 8. The van der Waals surface area contributed by atoms with E-state index >= 15 is 0 Å². The van der Waals surface area contributed by atoms with Gasteiger partial charge < -0.3 is 14.2 Å². The molecule has 0 atom stereocenters. The van der Waals surface area contributed by atoms with Gasteiger partial charge in [0, 0.05) is 18.6 Å². The number of non-ortho nitro benzene ring substituents is 1. The Morgan fingerprint density at radius 2 is 1.82 bits per heavy atom. The Kier molecular flexibility index (Phi) is 6.47. The summed E-state index contributed by atoms with van der Waals surface area (Å²) in [5.41, 5.74) is 0.905. The molecular weight excluding hydrogens is 362 g/mol. The van der Waals surface area contributed by atoms with Crippen LogP contribution >= 0.6 is 0 Å². The second kappa shape index (κ2) is 9.21. The van der Waals surface area contributed by atoms with Gasteiger partial charge in [-0.1, -0.05) is 6.07 Å². The van der Waals surface area contributed by atoms with Crippen LogP contribution in [0.3, 0.4) is 0 Å². The highest BCUT2D eigenvalue weighted by Crippen LogP contribution is 2.32. The van der Waals surface area contributed by atoms with Crippen molar-refractivity contribution in [1.82, 2.24) is 0 Å². The zero-order valence-corrected chi connectivity index (χ0v) is 15.8. The lowest BCUT2D eigenvalue weighted by Gasteiger charge is -2.16. The molecule has 0 unspecified atom stereocenters. The topological polar surface area (TPSA) is 87.9 Å². The minimum absolute atomic E-state index is 0.0483. The maximum absolute atomic E-state index is 12.1. The number of nitro groups is 1. The Balaban J connectivity index is 1.57. The third kappa shape index (κ3) is 5.22. The summed E-state index contributed by atoms with van der Waals surface area (Å²) in [4.78, 5) is 22.2. The van der Waals surface area contributed by atoms with E-state index in [9.17, 15) is 14.9 Å². The van der Waals surface area contributed by atoms with E-state index in [1.54, 1.807) is 7.11 Å². The Morgan fingerprint density at radius 1 is 1.11 bits per heavy atom. The van der Waals surface area contributed by atoms with E-state index in [0.717, 1.165) is 18.4 Å². The van der Waals surface area contributed by atoms with Crippen LogP contribution in [-0.4, -0.2) is 24.1 Å². The van der Waals surface area contributed by atoms with Crippen molar-refractivity contribution in [3.63, 3.8) is 0 Å². The van der Waals surface area contributed by atoms with E-state index in [1.807, 2.05) is 18.2 Å². The zero-order valence-electron chi connectivity index (χ0n) is 15.8. The smallest absolute Gasteiger partial charge is 0.311 e. The average molecular weight is 385 g/mol. The molecule has 0 aliphatic heterocycles. The summed E-state index contributed by atoms with van der Waals surface area (Å²) in [6.45, 7) is 0. The summed E-state index contributed by atoms with van der Waals surface area (Å²) in [5, 5.41) is 10.7. The van der Waals surface area contributed by atoms with Crippen molar-refractivity contribution in [3.05, 3.63) is 58.1 Å². The number of nitrogens with zero attached hydrogens (tertiary/aromatic N) is 1. The second-order valence-corrected chi connectivity index (χ2v) is 6.73. The molecule has 0 aromatic heterocycles. The molecule has 0 bridgehead atoms. The van der Waals surface area contributed by atoms with Gasteiger partial charge in [0.05, 0.1) is 18.1 Å². The first-order chi connectivity index (χ1) is 13.5. The Hall–Kier alpha value is -3.09. The molecule has 7 heteroatoms. The molecule has 0 N–H and O–H groups in total. The highest BCUT2D eigenvalue weighted by molar-refractivity contribution is 5.72. The maximum atomic E-state index is 12.1. The molecule has 1 aliphatic rings. The number of aryl methyl sites for hydroxylation is 1. The van der Waals surface area contributed by atoms with E-state index in [-0.39, 0.29) is 24.0 Å². The predicted molar refractivity (Wildman–Crippen MR) is 103 cm³/mol. The van der Waals surface area contributed by atoms with E-state index in [4.69, 9.17) is 14.2 Å². The first-order valence-electron chi connectivity index (χ1n) is 9.34. The van der Waals surface area contributed by atoms with Crippen LogP contribution in [0.15, 0.2) is 42.5 Å². The van der Waals surface area contributed by atoms with Gasteiger partial charge >= 0.3 is 5.97 Å². The van der Waals surface area contributed by atoms with Crippen molar-refractivity contribution in [3.8, 4) is 17.2 Å². The number of hydrogen-bond acceptors (Lipinski definition) is 6. The monoisotopic (exact) mass is 385 g/mol. The van der Waals surface area contributed by atoms with Crippen molar-refractivity contribution in [2.45, 2.75) is 44.6 Å². The summed E-state index contributed by atoms with van der Waals surface area (Å²) in [6, 6.07) is 11.1. The van der Waals surface area contributed by atoms with Crippen LogP contribution in [-0.2, 0) is 11.2 Å². The van der Waals surface area contributed by atoms with Crippen LogP contribution in [0.2, 0.25) is 0 Å². The molecule has 0 amide bonds. The van der Waals surface area contributed by atoms with Crippen molar-refractivity contribution >= 4 is 11.7 Å². The van der Waals surface area contributed by atoms with Gasteiger partial charge in [-0.05, 0) is 61.9 Å². The van der Waals surface area contributed by atoms with Crippen LogP contribution < -0.4 is 14.2 Å². The lowest BCUT2D eigenvalue weighted by molar-refractivity contribution is -0.384. The quantitative estimate of drug-likeness (QED) is 0.288. The molecule has 1 aliphatic carbocycles. The molecular formula is C21H23NO6. The maximum Gasteiger partial charge on any atom is 0.311 e. The molecule has 0 spiro atoms. The summed E-state index contributed by atoms with van der Waals surface area (Å²) >= 11 is 0. The number of carbonyl (C=O) groups is 1. The molecule has 0 radical (unpaired) electrons. The van der Waals surface area contributed by atoms with E-state index in [1.165, 1.54) is 37.1 Å². The molecule has 3 rings (SSSR count). The number of ether oxygens (including phenoxy) is 3. The van der Waals surface area contributed by atoms with E-state index in [2.05, 4.69) is 0 Å². The van der Waals surface area contributed by atoms with E-state index in [0.29, 0.717) is 17.9 Å². The van der Waals surface area contributed by atoms with Gasteiger partial charge in [0.1, 0.15) is 5.75 Å². The van der Waals surface area contributed by atoms with Gasteiger partial charge in [-0.15, -0.1) is 0 Å². The van der Waals surface area contributed by atoms with Crippen LogP contribution in [0.25, 0.3) is 0 Å². The van der Waals surface area contributed by atoms with Crippen LogP contribution in [0, 0.1) is 10.1 Å². The van der Waals surface area contributed by atoms with Gasteiger partial charge in [-0.25, -0.2) is 0 Å². The normalized spacial score (nSPS) is 13.9. The van der Waals surface area contributed by atoms with Gasteiger partial charge in [0.25, 0.3) is 5.69 Å². The first kappa shape index (κ1) is 19.7. The molecule has 7 nitrogen and oxygen atoms in total. The predicted octanol–water partition coefficient (Wildman–Crippen LogP) is 4.46. The Labute approximate surface area is 163 Å². The number of benzene rings is 2. The summed E-state index contributed by atoms with van der Waals surface area (Å²) in [6.07, 6.45) is 5.37. The number of nitro benzene ring substituents is 1. The molecule has 1 fully saturated rings. The Morgan fingerprint density at radius 3 is 2.46 bits per heavy atom. The van der Waals surface area contributed by atoms with Gasteiger partial charge in [0.15, 0.2) is 11.5 Å². The standard InChI is InChI=1S/C21H23NO6/c1-26-19-12-6-15(14-20(19)27-17-4-2-3-5-17)7-13-21(23)28-18-10-8-16(9-11-18)22(24)25/h6,8-12,14,17H,2-5,7,13H2,1H3. The highest BCUT2D eigenvalue weighted by atomic mass is 16.6. The van der Waals surface area contributed by atoms with E-state index < -0.39 is 10.9 Å². The van der Waals surface area contributed by atoms with Crippen molar-refractivity contribution < 1.29 is 23.9 Å². The minimum Gasteiger partial charge on any atom is -0.493 e. The third-order valence-corrected chi connectivity index (χ3v) is 4.72. The van der Waals surface area contributed by atoms with Gasteiger partial charge in [0.2, 0.25) is 0 Å². The summed E-state index contributed by atoms with van der Waals surface area (Å²) in [7, 11) is 1.61. The SMILES string of the molecule is COc1ccc(CCC(=O)Oc2ccc([N+](=O)[O-])cc2)cc1OC1CCCC1. The minimum atomic E-state index is -0.499. The molecule has 148 valence electrons. The van der Waals surface area contributed by atoms with Crippen molar-refractivity contribution in [2.24, 2.45) is 0 Å². The van der Waals surface area contributed by atoms with Gasteiger partial charge in [-0.3, -0.25) is 14.9 Å². The van der Waals surface area contributed by atoms with Crippen LogP contribution in [0.5, 0.6) is 17.2 Å². The fraction of sp³-hybridized carbons (Fsp3) is 0.381. The summed E-state index contributed by atoms with van der Waals surface area (Å²) in [5.74, 6) is 1.28. The largest absolute Gasteiger partial charge is 0.493 e. The fourth-order valence-corrected chi connectivity index (χ4v) is 3.22. The molecule has 2 aromatic carbocycles. The third-order valence-electron chi connectivity index (χ3n) is 4.72. The zero-order chi connectivity index (χ0) is 19.9.